The number of hydrogen-bond donors (Lipinski definition) is 0. The summed E-state index contributed by atoms with van der Waals surface area (Å²) in [5.41, 5.74) is 4.86. The van der Waals surface area contributed by atoms with Gasteiger partial charge in [-0.15, -0.1) is 0 Å². The van der Waals surface area contributed by atoms with Crippen molar-refractivity contribution in [3.05, 3.63) is 66.0 Å². The molecule has 2 heteroatoms. The predicted molar refractivity (Wildman–Crippen MR) is 115 cm³/mol. The molecule has 0 N–H and O–H groups in total. The maximum Gasteiger partial charge on any atom is 0.168 e. The molecule has 0 aliphatic heterocycles. The fraction of sp³-hybridized carbons (Fsp3) is 0.478. The smallest absolute Gasteiger partial charge is 0.168 e. The zero-order chi connectivity index (χ0) is 18.6. The second-order valence-electron chi connectivity index (χ2n) is 8.26. The Hall–Kier alpha value is -1.54. The van der Waals surface area contributed by atoms with Crippen LogP contribution in [0.5, 0.6) is 0 Å². The SMILES string of the molecule is CC(/C=C/c1ccccc1)c1ccn([Si](C(C)C)(C(C)C)C(C)C)c1. The molecule has 1 nitrogen and oxygen atoms in total. The van der Waals surface area contributed by atoms with E-state index in [9.17, 15) is 0 Å². The lowest BCUT2D eigenvalue weighted by Gasteiger charge is -2.44. The van der Waals surface area contributed by atoms with E-state index in [1.165, 1.54) is 11.1 Å². The van der Waals surface area contributed by atoms with Crippen molar-refractivity contribution >= 4 is 14.3 Å². The van der Waals surface area contributed by atoms with Gasteiger partial charge >= 0.3 is 0 Å². The molecule has 136 valence electrons. The van der Waals surface area contributed by atoms with Crippen molar-refractivity contribution in [1.82, 2.24) is 4.23 Å². The van der Waals surface area contributed by atoms with Gasteiger partial charge in [-0.05, 0) is 46.2 Å². The van der Waals surface area contributed by atoms with E-state index < -0.39 is 8.24 Å². The summed E-state index contributed by atoms with van der Waals surface area (Å²) in [5, 5.41) is 0. The van der Waals surface area contributed by atoms with Crippen LogP contribution in [-0.4, -0.2) is 12.5 Å². The molecule has 0 saturated carbocycles. The topological polar surface area (TPSA) is 4.93 Å². The van der Waals surface area contributed by atoms with Crippen LogP contribution in [0.3, 0.4) is 0 Å². The summed E-state index contributed by atoms with van der Waals surface area (Å²) in [7, 11) is -1.62. The zero-order valence-corrected chi connectivity index (χ0v) is 18.0. The van der Waals surface area contributed by atoms with Gasteiger partial charge in [0.15, 0.2) is 8.24 Å². The lowest BCUT2D eigenvalue weighted by Crippen LogP contribution is -2.51. The van der Waals surface area contributed by atoms with E-state index in [1.54, 1.807) is 0 Å². The van der Waals surface area contributed by atoms with Gasteiger partial charge in [0.2, 0.25) is 0 Å². The normalized spacial score (nSPS) is 14.2. The van der Waals surface area contributed by atoms with Gasteiger partial charge in [-0.2, -0.15) is 0 Å². The second-order valence-corrected chi connectivity index (χ2v) is 14.0. The van der Waals surface area contributed by atoms with Crippen molar-refractivity contribution in [2.45, 2.75) is 71.0 Å². The number of nitrogens with zero attached hydrogens (tertiary/aromatic N) is 1. The van der Waals surface area contributed by atoms with Gasteiger partial charge in [-0.3, -0.25) is 0 Å². The molecule has 1 atom stereocenters. The zero-order valence-electron chi connectivity index (χ0n) is 17.0. The van der Waals surface area contributed by atoms with Gasteiger partial charge in [0.1, 0.15) is 0 Å². The number of benzene rings is 1. The molecule has 0 fully saturated rings. The Morgan fingerprint density at radius 2 is 1.36 bits per heavy atom. The minimum atomic E-state index is -1.62. The van der Waals surface area contributed by atoms with Gasteiger partial charge in [0.05, 0.1) is 0 Å². The van der Waals surface area contributed by atoms with Crippen LogP contribution >= 0.6 is 0 Å². The maximum absolute atomic E-state index is 2.63. The summed E-state index contributed by atoms with van der Waals surface area (Å²) in [6.45, 7) is 16.8. The fourth-order valence-corrected chi connectivity index (χ4v) is 11.2. The minimum Gasteiger partial charge on any atom is -0.379 e. The summed E-state index contributed by atoms with van der Waals surface area (Å²) < 4.78 is 2.63. The molecule has 0 bridgehead atoms. The fourth-order valence-electron chi connectivity index (χ4n) is 4.75. The average Bonchev–Trinajstić information content (AvgIpc) is 3.03. The van der Waals surface area contributed by atoms with Crippen LogP contribution in [0.4, 0.5) is 0 Å². The van der Waals surface area contributed by atoms with Crippen molar-refractivity contribution in [3.63, 3.8) is 0 Å². The molecular formula is C23H35NSi. The summed E-state index contributed by atoms with van der Waals surface area (Å²) in [4.78, 5) is 0. The molecule has 2 aromatic rings. The monoisotopic (exact) mass is 353 g/mol. The molecule has 0 aliphatic carbocycles. The first-order valence-corrected chi connectivity index (χ1v) is 11.9. The Morgan fingerprint density at radius 3 is 1.88 bits per heavy atom. The van der Waals surface area contributed by atoms with Crippen LogP contribution < -0.4 is 0 Å². The van der Waals surface area contributed by atoms with E-state index >= 15 is 0 Å². The minimum absolute atomic E-state index is 0.430. The van der Waals surface area contributed by atoms with Crippen molar-refractivity contribution in [2.75, 3.05) is 0 Å². The Bertz CT molecular complexity index is 657. The number of hydrogen-bond acceptors (Lipinski definition) is 0. The van der Waals surface area contributed by atoms with E-state index in [1.807, 2.05) is 0 Å². The summed E-state index contributed by atoms with van der Waals surface area (Å²) in [5.74, 6) is 0.430. The molecule has 0 aliphatic rings. The first-order chi connectivity index (χ1) is 11.8. The largest absolute Gasteiger partial charge is 0.379 e. The van der Waals surface area contributed by atoms with E-state index in [0.29, 0.717) is 5.92 Å². The molecule has 1 aromatic carbocycles. The van der Waals surface area contributed by atoms with Gasteiger partial charge in [-0.25, -0.2) is 0 Å². The van der Waals surface area contributed by atoms with Crippen LogP contribution in [0, 0.1) is 0 Å². The van der Waals surface area contributed by atoms with Crippen LogP contribution in [0.1, 0.15) is 65.5 Å². The lowest BCUT2D eigenvalue weighted by atomic mass is 10.0. The molecule has 0 saturated heterocycles. The number of rotatable bonds is 7. The number of aromatic nitrogens is 1. The van der Waals surface area contributed by atoms with Crippen molar-refractivity contribution in [2.24, 2.45) is 0 Å². The highest BCUT2D eigenvalue weighted by molar-refractivity contribution is 6.82. The number of allylic oxidation sites excluding steroid dienone is 1. The average molecular weight is 354 g/mol. The van der Waals surface area contributed by atoms with Crippen LogP contribution in [0.15, 0.2) is 54.9 Å². The van der Waals surface area contributed by atoms with Crippen molar-refractivity contribution in [3.8, 4) is 0 Å². The highest BCUT2D eigenvalue weighted by Gasteiger charge is 2.44. The summed E-state index contributed by atoms with van der Waals surface area (Å²) in [6.07, 6.45) is 9.35. The molecule has 1 heterocycles. The van der Waals surface area contributed by atoms with E-state index in [-0.39, 0.29) is 0 Å². The Labute approximate surface area is 155 Å². The Morgan fingerprint density at radius 1 is 0.800 bits per heavy atom. The van der Waals surface area contributed by atoms with Crippen LogP contribution in [0.25, 0.3) is 6.08 Å². The lowest BCUT2D eigenvalue weighted by molar-refractivity contribution is 0.764. The molecule has 2 rings (SSSR count). The first-order valence-electron chi connectivity index (χ1n) is 9.71. The molecule has 0 radical (unpaired) electrons. The summed E-state index contributed by atoms with van der Waals surface area (Å²) >= 11 is 0. The first kappa shape index (κ1) is 19.8. The molecule has 1 aromatic heterocycles. The van der Waals surface area contributed by atoms with Gasteiger partial charge in [0.25, 0.3) is 0 Å². The molecule has 25 heavy (non-hydrogen) atoms. The molecule has 0 amide bonds. The van der Waals surface area contributed by atoms with Crippen LogP contribution in [-0.2, 0) is 0 Å². The third-order valence-electron chi connectivity index (χ3n) is 5.84. The Balaban J connectivity index is 2.30. The van der Waals surface area contributed by atoms with E-state index in [0.717, 1.165) is 16.6 Å². The third kappa shape index (κ3) is 4.00. The standard InChI is InChI=1S/C23H35NSi/c1-18(2)25(19(3)4,20(5)6)24-16-15-23(17-24)21(7)13-14-22-11-9-8-10-12-22/h8-21H,1-7H3/b14-13+. The van der Waals surface area contributed by atoms with Crippen LogP contribution in [0.2, 0.25) is 16.6 Å². The second kappa shape index (κ2) is 8.22. The predicted octanol–water partition coefficient (Wildman–Crippen LogP) is 7.33. The van der Waals surface area contributed by atoms with E-state index in [2.05, 4.69) is 114 Å². The van der Waals surface area contributed by atoms with Gasteiger partial charge in [-0.1, -0.05) is 91.0 Å². The molecular weight excluding hydrogens is 318 g/mol. The third-order valence-corrected chi connectivity index (χ3v) is 12.6. The molecule has 1 unspecified atom stereocenters. The highest BCUT2D eigenvalue weighted by Crippen LogP contribution is 2.43. The quantitative estimate of drug-likeness (QED) is 0.459. The molecule has 0 spiro atoms. The highest BCUT2D eigenvalue weighted by atomic mass is 28.3. The summed E-state index contributed by atoms with van der Waals surface area (Å²) in [6, 6.07) is 12.9. The van der Waals surface area contributed by atoms with Crippen molar-refractivity contribution < 1.29 is 0 Å². The van der Waals surface area contributed by atoms with Crippen molar-refractivity contribution in [1.29, 1.82) is 0 Å². The van der Waals surface area contributed by atoms with Gasteiger partial charge in [0, 0.05) is 5.92 Å². The maximum atomic E-state index is 2.63. The Kier molecular flexibility index (Phi) is 6.51. The van der Waals surface area contributed by atoms with E-state index in [4.69, 9.17) is 0 Å². The van der Waals surface area contributed by atoms with Gasteiger partial charge < -0.3 is 4.23 Å².